The molecule has 3 aromatic rings. The molecule has 1 saturated heterocycles. The van der Waals surface area contributed by atoms with Crippen LogP contribution < -0.4 is 10.9 Å². The normalized spacial score (nSPS) is 16.3. The van der Waals surface area contributed by atoms with Gasteiger partial charge >= 0.3 is 0 Å². The molecule has 1 fully saturated rings. The van der Waals surface area contributed by atoms with Crippen molar-refractivity contribution in [3.63, 3.8) is 0 Å². The van der Waals surface area contributed by atoms with Gasteiger partial charge in [0.2, 0.25) is 0 Å². The topological polar surface area (TPSA) is 95.9 Å². The van der Waals surface area contributed by atoms with Crippen LogP contribution in [0.5, 0.6) is 0 Å². The van der Waals surface area contributed by atoms with Crippen LogP contribution in [0, 0.1) is 12.7 Å². The van der Waals surface area contributed by atoms with Crippen LogP contribution in [-0.2, 0) is 0 Å². The van der Waals surface area contributed by atoms with Crippen molar-refractivity contribution in [3.05, 3.63) is 75.6 Å². The van der Waals surface area contributed by atoms with E-state index in [0.29, 0.717) is 36.7 Å². The maximum Gasteiger partial charge on any atom is 0.264 e. The lowest BCUT2D eigenvalue weighted by atomic mass is 10.0. The van der Waals surface area contributed by atoms with Gasteiger partial charge in [0.25, 0.3) is 11.5 Å². The quantitative estimate of drug-likeness (QED) is 0.673. The summed E-state index contributed by atoms with van der Waals surface area (Å²) in [6.07, 6.45) is 1.50. The largest absolute Gasteiger partial charge is 0.329 e. The third-order valence-corrected chi connectivity index (χ3v) is 4.86. The summed E-state index contributed by atoms with van der Waals surface area (Å²) < 4.78 is 15.2. The molecule has 4 rings (SSSR count). The molecule has 1 unspecified atom stereocenters. The summed E-state index contributed by atoms with van der Waals surface area (Å²) in [5.41, 5.74) is 1.48. The second-order valence-corrected chi connectivity index (χ2v) is 6.61. The zero-order valence-electron chi connectivity index (χ0n) is 15.6. The SMILES string of the molecule is Cc1c(C(=O)N2CCNCC2c2cccc(F)c2)cnn1-c1ccc(=O)[nH]n1.Cl. The number of H-pyrrole nitrogens is 1. The molecule has 0 spiro atoms. The predicted molar refractivity (Wildman–Crippen MR) is 107 cm³/mol. The molecule has 0 bridgehead atoms. The minimum atomic E-state index is -0.330. The standard InChI is InChI=1S/C19H19FN6O2.ClH/c1-12-15(10-22-26(12)17-5-6-18(27)24-23-17)19(28)25-8-7-21-11-16(25)13-3-2-4-14(20)9-13;/h2-6,9-10,16,21H,7-8,11H2,1H3,(H,24,27);1H. The van der Waals surface area contributed by atoms with Gasteiger partial charge in [0.05, 0.1) is 23.5 Å². The summed E-state index contributed by atoms with van der Waals surface area (Å²) >= 11 is 0. The van der Waals surface area contributed by atoms with Gasteiger partial charge in [-0.1, -0.05) is 12.1 Å². The number of carbonyl (C=O) groups is 1. The van der Waals surface area contributed by atoms with Gasteiger partial charge in [0, 0.05) is 25.7 Å². The molecule has 29 heavy (non-hydrogen) atoms. The second-order valence-electron chi connectivity index (χ2n) is 6.61. The Hall–Kier alpha value is -3.04. The highest BCUT2D eigenvalue weighted by atomic mass is 35.5. The van der Waals surface area contributed by atoms with Gasteiger partial charge in [-0.05, 0) is 30.7 Å². The average molecular weight is 419 g/mol. The molecule has 2 N–H and O–H groups in total. The number of hydrogen-bond donors (Lipinski definition) is 2. The van der Waals surface area contributed by atoms with E-state index in [2.05, 4.69) is 20.6 Å². The number of nitrogens with zero attached hydrogens (tertiary/aromatic N) is 4. The van der Waals surface area contributed by atoms with Gasteiger partial charge in [-0.3, -0.25) is 9.59 Å². The molecule has 1 aliphatic rings. The van der Waals surface area contributed by atoms with Crippen LogP contribution in [0.1, 0.15) is 27.7 Å². The summed E-state index contributed by atoms with van der Waals surface area (Å²) in [5.74, 6) is -0.0919. The van der Waals surface area contributed by atoms with Crippen molar-refractivity contribution in [2.75, 3.05) is 19.6 Å². The smallest absolute Gasteiger partial charge is 0.264 e. The van der Waals surface area contributed by atoms with Gasteiger partial charge in [0.1, 0.15) is 5.82 Å². The number of benzene rings is 1. The lowest BCUT2D eigenvalue weighted by molar-refractivity contribution is 0.0633. The Balaban J connectivity index is 0.00000240. The first-order valence-electron chi connectivity index (χ1n) is 8.92. The fourth-order valence-corrected chi connectivity index (χ4v) is 3.42. The number of halogens is 2. The molecule has 0 radical (unpaired) electrons. The lowest BCUT2D eigenvalue weighted by Gasteiger charge is -2.36. The third-order valence-electron chi connectivity index (χ3n) is 4.86. The molecule has 1 aliphatic heterocycles. The van der Waals surface area contributed by atoms with Crippen LogP contribution in [0.15, 0.2) is 47.4 Å². The van der Waals surface area contributed by atoms with Crippen LogP contribution in [0.4, 0.5) is 4.39 Å². The van der Waals surface area contributed by atoms with E-state index in [9.17, 15) is 14.0 Å². The molecule has 3 heterocycles. The molecule has 152 valence electrons. The molecule has 8 nitrogen and oxygen atoms in total. The van der Waals surface area contributed by atoms with Gasteiger partial charge < -0.3 is 10.2 Å². The van der Waals surface area contributed by atoms with Gasteiger partial charge in [-0.15, -0.1) is 12.4 Å². The van der Waals surface area contributed by atoms with E-state index in [0.717, 1.165) is 5.56 Å². The highest BCUT2D eigenvalue weighted by molar-refractivity contribution is 5.95. The van der Waals surface area contributed by atoms with Crippen LogP contribution in [0.25, 0.3) is 5.82 Å². The van der Waals surface area contributed by atoms with E-state index in [1.807, 2.05) is 6.07 Å². The second kappa shape index (κ2) is 8.54. The van der Waals surface area contributed by atoms with E-state index in [-0.39, 0.29) is 35.7 Å². The van der Waals surface area contributed by atoms with E-state index >= 15 is 0 Å². The minimum absolute atomic E-state index is 0. The summed E-state index contributed by atoms with van der Waals surface area (Å²) in [7, 11) is 0. The molecule has 1 amide bonds. The van der Waals surface area contributed by atoms with Crippen molar-refractivity contribution in [2.45, 2.75) is 13.0 Å². The zero-order chi connectivity index (χ0) is 19.7. The molecule has 0 aliphatic carbocycles. The minimum Gasteiger partial charge on any atom is -0.329 e. The first kappa shape index (κ1) is 20.7. The Morgan fingerprint density at radius 3 is 2.83 bits per heavy atom. The maximum absolute atomic E-state index is 13.7. The first-order valence-corrected chi connectivity index (χ1v) is 8.92. The van der Waals surface area contributed by atoms with Gasteiger partial charge in [0.15, 0.2) is 5.82 Å². The number of carbonyl (C=O) groups excluding carboxylic acids is 1. The lowest BCUT2D eigenvalue weighted by Crippen LogP contribution is -2.48. The highest BCUT2D eigenvalue weighted by Gasteiger charge is 2.30. The Morgan fingerprint density at radius 1 is 1.28 bits per heavy atom. The molecule has 0 saturated carbocycles. The molecular weight excluding hydrogens is 399 g/mol. The van der Waals surface area contributed by atoms with Crippen molar-refractivity contribution in [1.29, 1.82) is 0 Å². The number of aromatic amines is 1. The Labute approximate surface area is 172 Å². The predicted octanol–water partition coefficient (Wildman–Crippen LogP) is 1.61. The fraction of sp³-hybridized carbons (Fsp3) is 0.263. The van der Waals surface area contributed by atoms with Gasteiger partial charge in [-0.25, -0.2) is 14.2 Å². The summed E-state index contributed by atoms with van der Waals surface area (Å²) in [6, 6.07) is 8.92. The number of rotatable bonds is 3. The number of aromatic nitrogens is 4. The van der Waals surface area contributed by atoms with Crippen molar-refractivity contribution in [3.8, 4) is 5.82 Å². The Morgan fingerprint density at radius 2 is 2.10 bits per heavy atom. The maximum atomic E-state index is 13.7. The van der Waals surface area contributed by atoms with Crippen molar-refractivity contribution < 1.29 is 9.18 Å². The Kier molecular flexibility index (Phi) is 6.09. The van der Waals surface area contributed by atoms with Crippen LogP contribution in [0.3, 0.4) is 0 Å². The van der Waals surface area contributed by atoms with Crippen molar-refractivity contribution >= 4 is 18.3 Å². The van der Waals surface area contributed by atoms with E-state index < -0.39 is 0 Å². The number of nitrogens with one attached hydrogen (secondary N) is 2. The van der Waals surface area contributed by atoms with Crippen molar-refractivity contribution in [1.82, 2.24) is 30.2 Å². The first-order chi connectivity index (χ1) is 13.5. The Bertz CT molecular complexity index is 1060. The highest BCUT2D eigenvalue weighted by Crippen LogP contribution is 2.26. The molecule has 10 heteroatoms. The number of amides is 1. The molecule has 1 aromatic carbocycles. The molecule has 2 aromatic heterocycles. The molecular formula is C19H20ClFN6O2. The fourth-order valence-electron chi connectivity index (χ4n) is 3.42. The number of piperazine rings is 1. The van der Waals surface area contributed by atoms with Crippen LogP contribution in [-0.4, -0.2) is 50.4 Å². The monoisotopic (exact) mass is 418 g/mol. The zero-order valence-corrected chi connectivity index (χ0v) is 16.4. The van der Waals surface area contributed by atoms with Crippen LogP contribution in [0.2, 0.25) is 0 Å². The van der Waals surface area contributed by atoms with E-state index in [4.69, 9.17) is 0 Å². The van der Waals surface area contributed by atoms with Crippen molar-refractivity contribution in [2.24, 2.45) is 0 Å². The van der Waals surface area contributed by atoms with Gasteiger partial charge in [-0.2, -0.15) is 10.2 Å². The summed E-state index contributed by atoms with van der Waals surface area (Å²) in [5, 5.41) is 13.8. The van der Waals surface area contributed by atoms with E-state index in [1.165, 1.54) is 35.1 Å². The van der Waals surface area contributed by atoms with Crippen LogP contribution >= 0.6 is 12.4 Å². The van der Waals surface area contributed by atoms with E-state index in [1.54, 1.807) is 17.9 Å². The third kappa shape index (κ3) is 4.06. The summed E-state index contributed by atoms with van der Waals surface area (Å²) in [6.45, 7) is 3.48. The number of hydrogen-bond acceptors (Lipinski definition) is 5. The summed E-state index contributed by atoms with van der Waals surface area (Å²) in [4.78, 5) is 26.2. The average Bonchev–Trinajstić information content (AvgIpc) is 3.09. The molecule has 1 atom stereocenters.